The highest BCUT2D eigenvalue weighted by Crippen LogP contribution is 2.28. The molecule has 0 spiro atoms. The minimum Gasteiger partial charge on any atom is -0.355 e. The maximum absolute atomic E-state index is 12.6. The number of hydrogen-bond donors (Lipinski definition) is 2. The molecule has 1 fully saturated rings. The second-order valence-corrected chi connectivity index (χ2v) is 6.87. The molecule has 2 aromatic rings. The first kappa shape index (κ1) is 18.1. The van der Waals surface area contributed by atoms with Crippen molar-refractivity contribution < 1.29 is 14.4 Å². The van der Waals surface area contributed by atoms with Crippen LogP contribution in [0.2, 0.25) is 0 Å². The lowest BCUT2D eigenvalue weighted by atomic mass is 10.1. The van der Waals surface area contributed by atoms with Gasteiger partial charge in [0.15, 0.2) is 0 Å². The second kappa shape index (κ2) is 7.70. The molecule has 1 aliphatic rings. The maximum Gasteiger partial charge on any atom is 0.251 e. The normalized spacial score (nSPS) is 16.5. The summed E-state index contributed by atoms with van der Waals surface area (Å²) in [5, 5.41) is 5.29. The molecule has 1 aliphatic heterocycles. The summed E-state index contributed by atoms with van der Waals surface area (Å²) < 4.78 is 0.881. The highest BCUT2D eigenvalue weighted by atomic mass is 79.9. The van der Waals surface area contributed by atoms with Gasteiger partial charge in [0.1, 0.15) is 5.92 Å². The quantitative estimate of drug-likeness (QED) is 0.753. The summed E-state index contributed by atoms with van der Waals surface area (Å²) in [5.41, 5.74) is 1.83. The number of benzene rings is 2. The van der Waals surface area contributed by atoms with Crippen LogP contribution < -0.4 is 15.5 Å². The van der Waals surface area contributed by atoms with Crippen molar-refractivity contribution in [2.45, 2.75) is 6.42 Å². The predicted molar refractivity (Wildman–Crippen MR) is 103 cm³/mol. The second-order valence-electron chi connectivity index (χ2n) is 5.96. The molecule has 26 heavy (non-hydrogen) atoms. The van der Waals surface area contributed by atoms with Crippen molar-refractivity contribution in [3.8, 4) is 0 Å². The van der Waals surface area contributed by atoms with Crippen molar-refractivity contribution in [2.24, 2.45) is 5.92 Å². The molecule has 1 saturated heterocycles. The van der Waals surface area contributed by atoms with Crippen molar-refractivity contribution in [2.75, 3.05) is 23.8 Å². The van der Waals surface area contributed by atoms with Crippen LogP contribution in [0.15, 0.2) is 53.0 Å². The molecule has 134 valence electrons. The van der Waals surface area contributed by atoms with E-state index in [0.717, 1.165) is 10.2 Å². The van der Waals surface area contributed by atoms with E-state index in [0.29, 0.717) is 24.2 Å². The number of carbonyl (C=O) groups is 3. The average molecular weight is 416 g/mol. The first-order valence-electron chi connectivity index (χ1n) is 8.19. The summed E-state index contributed by atoms with van der Waals surface area (Å²) in [6, 6.07) is 14.0. The van der Waals surface area contributed by atoms with Gasteiger partial charge in [-0.1, -0.05) is 22.0 Å². The van der Waals surface area contributed by atoms with Crippen LogP contribution in [0.1, 0.15) is 16.8 Å². The molecule has 1 unspecified atom stereocenters. The van der Waals surface area contributed by atoms with Crippen molar-refractivity contribution >= 4 is 45.0 Å². The zero-order chi connectivity index (χ0) is 18.7. The molecule has 0 aliphatic carbocycles. The van der Waals surface area contributed by atoms with E-state index in [1.54, 1.807) is 36.2 Å². The molecule has 0 aromatic heterocycles. The molecule has 2 aromatic carbocycles. The Bertz CT molecular complexity index is 851. The number of anilines is 2. The topological polar surface area (TPSA) is 78.5 Å². The Morgan fingerprint density at radius 2 is 1.88 bits per heavy atom. The van der Waals surface area contributed by atoms with Gasteiger partial charge in [0.25, 0.3) is 5.91 Å². The van der Waals surface area contributed by atoms with Gasteiger partial charge >= 0.3 is 0 Å². The van der Waals surface area contributed by atoms with Gasteiger partial charge in [-0.25, -0.2) is 0 Å². The van der Waals surface area contributed by atoms with Crippen LogP contribution in [0.25, 0.3) is 0 Å². The van der Waals surface area contributed by atoms with E-state index >= 15 is 0 Å². The van der Waals surface area contributed by atoms with Gasteiger partial charge in [0.05, 0.1) is 0 Å². The number of amides is 3. The van der Waals surface area contributed by atoms with Gasteiger partial charge in [0, 0.05) is 35.0 Å². The minimum absolute atomic E-state index is 0.196. The van der Waals surface area contributed by atoms with Crippen LogP contribution in [0.4, 0.5) is 11.4 Å². The average Bonchev–Trinajstić information content (AvgIpc) is 3.03. The van der Waals surface area contributed by atoms with E-state index in [1.807, 2.05) is 24.3 Å². The number of nitrogens with zero attached hydrogens (tertiary/aromatic N) is 1. The molecule has 0 saturated carbocycles. The Hall–Kier alpha value is -2.67. The molecule has 7 heteroatoms. The third kappa shape index (κ3) is 3.77. The Labute approximate surface area is 159 Å². The SMILES string of the molecule is CNC(=O)c1ccc(NC(=O)C2CCN(c3cccc(Br)c3)C2=O)cc1. The molecule has 3 rings (SSSR count). The first-order chi connectivity index (χ1) is 12.5. The van der Waals surface area contributed by atoms with Crippen LogP contribution in [0.5, 0.6) is 0 Å². The number of nitrogens with one attached hydrogen (secondary N) is 2. The monoisotopic (exact) mass is 415 g/mol. The molecular formula is C19H18BrN3O3. The molecule has 6 nitrogen and oxygen atoms in total. The Kier molecular flexibility index (Phi) is 5.37. The van der Waals surface area contributed by atoms with Gasteiger partial charge in [-0.3, -0.25) is 14.4 Å². The van der Waals surface area contributed by atoms with Crippen LogP contribution in [0.3, 0.4) is 0 Å². The van der Waals surface area contributed by atoms with Gasteiger partial charge < -0.3 is 15.5 Å². The zero-order valence-corrected chi connectivity index (χ0v) is 15.7. The highest BCUT2D eigenvalue weighted by Gasteiger charge is 2.37. The summed E-state index contributed by atoms with van der Waals surface area (Å²) in [5.74, 6) is -1.45. The number of hydrogen-bond acceptors (Lipinski definition) is 3. The summed E-state index contributed by atoms with van der Waals surface area (Å²) in [7, 11) is 1.56. The summed E-state index contributed by atoms with van der Waals surface area (Å²) >= 11 is 3.39. The van der Waals surface area contributed by atoms with Crippen LogP contribution >= 0.6 is 15.9 Å². The number of halogens is 1. The Morgan fingerprint density at radius 3 is 2.54 bits per heavy atom. The summed E-state index contributed by atoms with van der Waals surface area (Å²) in [6.45, 7) is 0.503. The third-order valence-corrected chi connectivity index (χ3v) is 4.78. The predicted octanol–water partition coefficient (Wildman–Crippen LogP) is 2.80. The summed E-state index contributed by atoms with van der Waals surface area (Å²) in [4.78, 5) is 38.3. The molecule has 1 heterocycles. The highest BCUT2D eigenvalue weighted by molar-refractivity contribution is 9.10. The fraction of sp³-hybridized carbons (Fsp3) is 0.211. The largest absolute Gasteiger partial charge is 0.355 e. The van der Waals surface area contributed by atoms with Gasteiger partial charge in [-0.2, -0.15) is 0 Å². The van der Waals surface area contributed by atoms with Gasteiger partial charge in [-0.15, -0.1) is 0 Å². The Balaban J connectivity index is 1.67. The number of rotatable bonds is 4. The number of carbonyl (C=O) groups excluding carboxylic acids is 3. The standard InChI is InChI=1S/C19H18BrN3O3/c1-21-17(24)12-5-7-14(8-6-12)22-18(25)16-9-10-23(19(16)26)15-4-2-3-13(20)11-15/h2-8,11,16H,9-10H2,1H3,(H,21,24)(H,22,25). The molecule has 3 amide bonds. The van der Waals surface area contributed by atoms with E-state index in [-0.39, 0.29) is 17.7 Å². The van der Waals surface area contributed by atoms with Gasteiger partial charge in [0.2, 0.25) is 11.8 Å². The zero-order valence-electron chi connectivity index (χ0n) is 14.2. The molecular weight excluding hydrogens is 398 g/mol. The van der Waals surface area contributed by atoms with Crippen molar-refractivity contribution in [3.05, 3.63) is 58.6 Å². The lowest BCUT2D eigenvalue weighted by molar-refractivity contribution is -0.129. The molecule has 1 atom stereocenters. The first-order valence-corrected chi connectivity index (χ1v) is 8.99. The van der Waals surface area contributed by atoms with Crippen molar-refractivity contribution in [1.82, 2.24) is 5.32 Å². The van der Waals surface area contributed by atoms with E-state index in [1.165, 1.54) is 0 Å². The Morgan fingerprint density at radius 1 is 1.15 bits per heavy atom. The van der Waals surface area contributed by atoms with Crippen LogP contribution in [-0.4, -0.2) is 31.3 Å². The molecule has 0 radical (unpaired) electrons. The fourth-order valence-corrected chi connectivity index (χ4v) is 3.29. The lowest BCUT2D eigenvalue weighted by Crippen LogP contribution is -2.33. The van der Waals surface area contributed by atoms with E-state index < -0.39 is 5.92 Å². The fourth-order valence-electron chi connectivity index (χ4n) is 2.90. The summed E-state index contributed by atoms with van der Waals surface area (Å²) in [6.07, 6.45) is 0.466. The smallest absolute Gasteiger partial charge is 0.251 e. The minimum atomic E-state index is -0.715. The lowest BCUT2D eigenvalue weighted by Gasteiger charge is -2.17. The van der Waals surface area contributed by atoms with Crippen LogP contribution in [0, 0.1) is 5.92 Å². The van der Waals surface area contributed by atoms with Gasteiger partial charge in [-0.05, 0) is 48.9 Å². The molecule has 2 N–H and O–H groups in total. The third-order valence-electron chi connectivity index (χ3n) is 4.28. The van der Waals surface area contributed by atoms with E-state index in [2.05, 4.69) is 26.6 Å². The van der Waals surface area contributed by atoms with Crippen LogP contribution in [-0.2, 0) is 9.59 Å². The van der Waals surface area contributed by atoms with E-state index in [9.17, 15) is 14.4 Å². The maximum atomic E-state index is 12.6. The van der Waals surface area contributed by atoms with Crippen molar-refractivity contribution in [1.29, 1.82) is 0 Å². The molecule has 0 bridgehead atoms. The van der Waals surface area contributed by atoms with Crippen molar-refractivity contribution in [3.63, 3.8) is 0 Å². The van der Waals surface area contributed by atoms with E-state index in [4.69, 9.17) is 0 Å².